The molecule has 2 rings (SSSR count). The smallest absolute Gasteiger partial charge is 0.115 e. The van der Waals surface area contributed by atoms with Crippen molar-refractivity contribution in [2.75, 3.05) is 0 Å². The average Bonchev–Trinajstić information content (AvgIpc) is 2.21. The second-order valence-electron chi connectivity index (χ2n) is 2.67. The number of para-hydroxylation sites is 2. The third kappa shape index (κ3) is 10.1. The van der Waals surface area contributed by atoms with Gasteiger partial charge in [0.2, 0.25) is 0 Å². The molecule has 0 aliphatic carbocycles. The Balaban J connectivity index is 0. The second-order valence-corrected chi connectivity index (χ2v) is 2.67. The van der Waals surface area contributed by atoms with E-state index in [0.29, 0.717) is 11.5 Å². The molecule has 0 saturated carbocycles. The van der Waals surface area contributed by atoms with E-state index in [0.717, 1.165) is 0 Å². The van der Waals surface area contributed by atoms with Crippen molar-refractivity contribution >= 4 is 89.1 Å². The Hall–Kier alpha value is 0.936. The molecule has 0 heterocycles. The monoisotopic (exact) mass is 267 g/mol. The van der Waals surface area contributed by atoms with Gasteiger partial charge in [-0.3, -0.25) is 0 Å². The van der Waals surface area contributed by atoms with E-state index in [4.69, 9.17) is 10.2 Å². The molecule has 0 aliphatic rings. The number of hydrogen-bond donors (Lipinski definition) is 2. The molecule has 75 valence electrons. The minimum absolute atomic E-state index is 0. The fourth-order valence-corrected chi connectivity index (χ4v) is 0.856. The molecule has 0 fully saturated rings. The molecule has 16 heavy (non-hydrogen) atoms. The van der Waals surface area contributed by atoms with Crippen LogP contribution in [0.2, 0.25) is 0 Å². The van der Waals surface area contributed by atoms with Crippen LogP contribution in [-0.2, 0) is 0 Å². The van der Waals surface area contributed by atoms with Crippen LogP contribution in [0.15, 0.2) is 60.7 Å². The van der Waals surface area contributed by atoms with Crippen LogP contribution in [0.1, 0.15) is 0 Å². The summed E-state index contributed by atoms with van der Waals surface area (Å²) < 4.78 is 0. The summed E-state index contributed by atoms with van der Waals surface area (Å²) in [4.78, 5) is 0. The van der Waals surface area contributed by atoms with Crippen molar-refractivity contribution in [3.05, 3.63) is 60.7 Å². The summed E-state index contributed by atoms with van der Waals surface area (Å²) >= 11 is 0. The van der Waals surface area contributed by atoms with Crippen molar-refractivity contribution in [2.24, 2.45) is 0 Å². The zero-order valence-corrected chi connectivity index (χ0v) is 14.7. The van der Waals surface area contributed by atoms with E-state index in [9.17, 15) is 0 Å². The normalized spacial score (nSPS) is 7.50. The van der Waals surface area contributed by atoms with E-state index in [1.165, 1.54) is 0 Å². The van der Waals surface area contributed by atoms with Crippen molar-refractivity contribution in [1.29, 1.82) is 0 Å². The predicted octanol–water partition coefficient (Wildman–Crippen LogP) is 2.02. The van der Waals surface area contributed by atoms with Gasteiger partial charge in [-0.05, 0) is 24.3 Å². The fraction of sp³-hybridized carbons (Fsp3) is 0. The first-order chi connectivity index (χ1) is 6.79. The molecule has 4 heteroatoms. The van der Waals surface area contributed by atoms with Gasteiger partial charge in [0, 0.05) is 89.1 Å². The first-order valence-electron chi connectivity index (χ1n) is 4.27. The maximum atomic E-state index is 8.63. The molecule has 3 radical (unpaired) electrons. The Morgan fingerprint density at radius 1 is 0.562 bits per heavy atom. The van der Waals surface area contributed by atoms with Gasteiger partial charge in [-0.2, -0.15) is 0 Å². The van der Waals surface area contributed by atoms with E-state index in [-0.39, 0.29) is 89.1 Å². The van der Waals surface area contributed by atoms with Crippen molar-refractivity contribution in [3.63, 3.8) is 0 Å². The molecule has 0 spiro atoms. The molecule has 0 atom stereocenters. The maximum absolute atomic E-state index is 8.63. The first-order valence-corrected chi connectivity index (χ1v) is 4.27. The Morgan fingerprint density at radius 2 is 0.812 bits per heavy atom. The predicted molar refractivity (Wildman–Crippen MR) is 67.7 cm³/mol. The topological polar surface area (TPSA) is 40.5 Å². The minimum Gasteiger partial charge on any atom is -0.508 e. The zero-order valence-electron chi connectivity index (χ0n) is 9.38. The number of phenolic OH excluding ortho intramolecular Hbond substituents is 2. The van der Waals surface area contributed by atoms with E-state index in [1.807, 2.05) is 12.1 Å². The summed E-state index contributed by atoms with van der Waals surface area (Å²) in [5, 5.41) is 17.3. The molecule has 0 bridgehead atoms. The molecular formula is C12H12CaKO2. The van der Waals surface area contributed by atoms with Crippen LogP contribution in [0.5, 0.6) is 11.5 Å². The summed E-state index contributed by atoms with van der Waals surface area (Å²) in [6.07, 6.45) is 0. The van der Waals surface area contributed by atoms with Crippen LogP contribution < -0.4 is 0 Å². The van der Waals surface area contributed by atoms with E-state index < -0.39 is 0 Å². The standard InChI is InChI=1S/2C6H6O.Ca.K/c2*7-6-4-2-1-3-5-6;;/h2*1-5,7H;;. The molecule has 0 saturated heterocycles. The van der Waals surface area contributed by atoms with Crippen molar-refractivity contribution in [1.82, 2.24) is 0 Å². The van der Waals surface area contributed by atoms with E-state index in [1.54, 1.807) is 48.5 Å². The van der Waals surface area contributed by atoms with Crippen LogP contribution in [0, 0.1) is 0 Å². The summed E-state index contributed by atoms with van der Waals surface area (Å²) in [7, 11) is 0. The number of phenols is 2. The molecular weight excluding hydrogens is 255 g/mol. The van der Waals surface area contributed by atoms with Crippen LogP contribution in [0.4, 0.5) is 0 Å². The minimum atomic E-state index is 0. The van der Waals surface area contributed by atoms with Gasteiger partial charge in [0.25, 0.3) is 0 Å². The summed E-state index contributed by atoms with van der Waals surface area (Å²) in [6.45, 7) is 0. The molecule has 2 aromatic rings. The Labute approximate surface area is 168 Å². The van der Waals surface area contributed by atoms with E-state index in [2.05, 4.69) is 0 Å². The summed E-state index contributed by atoms with van der Waals surface area (Å²) in [5.74, 6) is 0.644. The Bertz CT molecular complexity index is 316. The first kappa shape index (κ1) is 19.3. The fourth-order valence-electron chi connectivity index (χ4n) is 0.856. The van der Waals surface area contributed by atoms with Gasteiger partial charge in [-0.15, -0.1) is 0 Å². The summed E-state index contributed by atoms with van der Waals surface area (Å²) in [5.41, 5.74) is 0. The van der Waals surface area contributed by atoms with Gasteiger partial charge in [0.15, 0.2) is 0 Å². The van der Waals surface area contributed by atoms with Crippen molar-refractivity contribution in [2.45, 2.75) is 0 Å². The quantitative estimate of drug-likeness (QED) is 0.717. The van der Waals surface area contributed by atoms with Crippen LogP contribution >= 0.6 is 0 Å². The second kappa shape index (κ2) is 12.4. The molecule has 0 amide bonds. The summed E-state index contributed by atoms with van der Waals surface area (Å²) in [6, 6.07) is 17.4. The van der Waals surface area contributed by atoms with Crippen LogP contribution in [0.3, 0.4) is 0 Å². The molecule has 0 aliphatic heterocycles. The van der Waals surface area contributed by atoms with Crippen molar-refractivity contribution in [3.8, 4) is 11.5 Å². The van der Waals surface area contributed by atoms with Gasteiger partial charge in [-0.1, -0.05) is 36.4 Å². The van der Waals surface area contributed by atoms with E-state index >= 15 is 0 Å². The van der Waals surface area contributed by atoms with Gasteiger partial charge in [0.05, 0.1) is 0 Å². The molecule has 2 N–H and O–H groups in total. The number of hydrogen-bond acceptors (Lipinski definition) is 2. The van der Waals surface area contributed by atoms with Crippen LogP contribution in [0.25, 0.3) is 0 Å². The SMILES string of the molecule is Oc1ccccc1.Oc1ccccc1.[Ca].[K]. The third-order valence-corrected chi connectivity index (χ3v) is 1.51. The largest absolute Gasteiger partial charge is 0.508 e. The van der Waals surface area contributed by atoms with Gasteiger partial charge < -0.3 is 10.2 Å². The van der Waals surface area contributed by atoms with Gasteiger partial charge in [-0.25, -0.2) is 0 Å². The average molecular weight is 267 g/mol. The Kier molecular flexibility index (Phi) is 14.9. The number of benzene rings is 2. The molecule has 0 aromatic heterocycles. The maximum Gasteiger partial charge on any atom is 0.115 e. The number of aromatic hydroxyl groups is 2. The molecule has 0 unspecified atom stereocenters. The third-order valence-electron chi connectivity index (χ3n) is 1.51. The number of rotatable bonds is 0. The molecule has 2 nitrogen and oxygen atoms in total. The van der Waals surface area contributed by atoms with Crippen LogP contribution in [-0.4, -0.2) is 99.3 Å². The Morgan fingerprint density at radius 3 is 0.938 bits per heavy atom. The van der Waals surface area contributed by atoms with Gasteiger partial charge in [0.1, 0.15) is 11.5 Å². The van der Waals surface area contributed by atoms with Crippen molar-refractivity contribution < 1.29 is 10.2 Å². The van der Waals surface area contributed by atoms with Gasteiger partial charge >= 0.3 is 0 Å². The zero-order chi connectivity index (χ0) is 10.2. The molecule has 2 aromatic carbocycles.